The Labute approximate surface area is 164 Å². The van der Waals surface area contributed by atoms with E-state index in [1.807, 2.05) is 25.1 Å². The van der Waals surface area contributed by atoms with Crippen LogP contribution in [0.2, 0.25) is 10.0 Å². The highest BCUT2D eigenvalue weighted by Gasteiger charge is 2.11. The van der Waals surface area contributed by atoms with E-state index in [1.54, 1.807) is 0 Å². The van der Waals surface area contributed by atoms with Gasteiger partial charge in [-0.2, -0.15) is 0 Å². The molecule has 0 amide bonds. The Hall–Kier alpha value is -1.52. The lowest BCUT2D eigenvalue weighted by atomic mass is 10.2. The van der Waals surface area contributed by atoms with Crippen molar-refractivity contribution in [2.45, 2.75) is 26.4 Å². The summed E-state index contributed by atoms with van der Waals surface area (Å²) in [6.45, 7) is 6.02. The van der Waals surface area contributed by atoms with E-state index in [1.165, 1.54) is 16.5 Å². The van der Waals surface area contributed by atoms with Crippen LogP contribution in [0.1, 0.15) is 24.5 Å². The summed E-state index contributed by atoms with van der Waals surface area (Å²) in [5, 5.41) is 6.16. The summed E-state index contributed by atoms with van der Waals surface area (Å²) in [7, 11) is 0. The predicted molar refractivity (Wildman–Crippen MR) is 110 cm³/mol. The van der Waals surface area contributed by atoms with Gasteiger partial charge in [-0.25, -0.2) is 0 Å². The lowest BCUT2D eigenvalue weighted by Gasteiger charge is -2.09. The number of benzene rings is 2. The van der Waals surface area contributed by atoms with Crippen molar-refractivity contribution in [2.24, 2.45) is 0 Å². The molecule has 0 spiro atoms. The molecule has 138 valence electrons. The number of rotatable bonds is 9. The van der Waals surface area contributed by atoms with Gasteiger partial charge in [0, 0.05) is 52.5 Å². The predicted octanol–water partition coefficient (Wildman–Crippen LogP) is 5.51. The maximum absolute atomic E-state index is 6.36. The largest absolute Gasteiger partial charge is 0.382 e. The van der Waals surface area contributed by atoms with Crippen LogP contribution in [0, 0.1) is 0 Å². The maximum atomic E-state index is 6.36. The van der Waals surface area contributed by atoms with E-state index in [2.05, 4.69) is 40.3 Å². The normalized spacial score (nSPS) is 11.3. The Balaban J connectivity index is 1.77. The van der Waals surface area contributed by atoms with Crippen molar-refractivity contribution in [3.05, 3.63) is 69.8 Å². The van der Waals surface area contributed by atoms with E-state index < -0.39 is 0 Å². The van der Waals surface area contributed by atoms with Crippen molar-refractivity contribution < 1.29 is 4.74 Å². The highest BCUT2D eigenvalue weighted by atomic mass is 35.5. The molecule has 0 fully saturated rings. The molecule has 2 aromatic carbocycles. The first-order chi connectivity index (χ1) is 12.7. The molecule has 0 unspecified atom stereocenters. The first-order valence-corrected chi connectivity index (χ1v) is 9.74. The molecular formula is C21H24Cl2N2O. The quantitative estimate of drug-likeness (QED) is 0.487. The van der Waals surface area contributed by atoms with E-state index in [0.717, 1.165) is 38.3 Å². The molecule has 0 saturated heterocycles. The topological polar surface area (TPSA) is 26.2 Å². The molecular weight excluding hydrogens is 367 g/mol. The fourth-order valence-electron chi connectivity index (χ4n) is 3.11. The average molecular weight is 391 g/mol. The molecule has 1 N–H and O–H groups in total. The van der Waals surface area contributed by atoms with Gasteiger partial charge in [-0.3, -0.25) is 0 Å². The molecule has 0 aliphatic carbocycles. The number of nitrogens with zero attached hydrogens (tertiary/aromatic N) is 1. The van der Waals surface area contributed by atoms with Gasteiger partial charge in [0.15, 0.2) is 0 Å². The van der Waals surface area contributed by atoms with Gasteiger partial charge >= 0.3 is 0 Å². The number of halogens is 2. The Morgan fingerprint density at radius 3 is 2.58 bits per heavy atom. The third kappa shape index (κ3) is 4.60. The van der Waals surface area contributed by atoms with Gasteiger partial charge < -0.3 is 14.6 Å². The van der Waals surface area contributed by atoms with Crippen LogP contribution in [-0.4, -0.2) is 24.3 Å². The van der Waals surface area contributed by atoms with Crippen LogP contribution >= 0.6 is 23.2 Å². The van der Waals surface area contributed by atoms with Crippen LogP contribution in [0.5, 0.6) is 0 Å². The minimum Gasteiger partial charge on any atom is -0.382 e. The molecule has 0 aliphatic heterocycles. The first-order valence-electron chi connectivity index (χ1n) is 8.98. The van der Waals surface area contributed by atoms with Crippen LogP contribution in [0.25, 0.3) is 10.9 Å². The molecule has 1 aromatic heterocycles. The third-order valence-electron chi connectivity index (χ3n) is 4.42. The van der Waals surface area contributed by atoms with Crippen LogP contribution < -0.4 is 5.32 Å². The highest BCUT2D eigenvalue weighted by Crippen LogP contribution is 2.28. The Kier molecular flexibility index (Phi) is 6.98. The van der Waals surface area contributed by atoms with E-state index in [-0.39, 0.29) is 0 Å². The molecule has 0 aliphatic rings. The minimum absolute atomic E-state index is 0.656. The summed E-state index contributed by atoms with van der Waals surface area (Å²) in [5.41, 5.74) is 3.42. The lowest BCUT2D eigenvalue weighted by molar-refractivity contribution is 0.144. The summed E-state index contributed by atoms with van der Waals surface area (Å²) in [6, 6.07) is 14.1. The highest BCUT2D eigenvalue weighted by molar-refractivity contribution is 6.36. The van der Waals surface area contributed by atoms with E-state index in [9.17, 15) is 0 Å². The Morgan fingerprint density at radius 2 is 1.81 bits per heavy atom. The van der Waals surface area contributed by atoms with Gasteiger partial charge in [-0.15, -0.1) is 0 Å². The van der Waals surface area contributed by atoms with Crippen LogP contribution in [0.3, 0.4) is 0 Å². The minimum atomic E-state index is 0.656. The number of fused-ring (bicyclic) bond motifs is 1. The van der Waals surface area contributed by atoms with Crippen molar-refractivity contribution in [3.63, 3.8) is 0 Å². The van der Waals surface area contributed by atoms with E-state index in [0.29, 0.717) is 16.6 Å². The maximum Gasteiger partial charge on any atom is 0.0505 e. The van der Waals surface area contributed by atoms with E-state index >= 15 is 0 Å². The molecule has 1 heterocycles. The van der Waals surface area contributed by atoms with Crippen LogP contribution in [0.15, 0.2) is 48.7 Å². The Bertz CT molecular complexity index is 840. The van der Waals surface area contributed by atoms with Crippen molar-refractivity contribution in [3.8, 4) is 0 Å². The Morgan fingerprint density at radius 1 is 1.04 bits per heavy atom. The fourth-order valence-corrected chi connectivity index (χ4v) is 3.63. The monoisotopic (exact) mass is 390 g/mol. The van der Waals surface area contributed by atoms with Gasteiger partial charge in [-0.1, -0.05) is 47.5 Å². The van der Waals surface area contributed by atoms with Crippen LogP contribution in [-0.2, 0) is 17.8 Å². The summed E-state index contributed by atoms with van der Waals surface area (Å²) < 4.78 is 7.60. The number of hydrogen-bond donors (Lipinski definition) is 1. The molecule has 3 nitrogen and oxygen atoms in total. The molecule has 0 atom stereocenters. The second-order valence-corrected chi connectivity index (χ2v) is 7.04. The molecule has 5 heteroatoms. The second-order valence-electron chi connectivity index (χ2n) is 6.23. The van der Waals surface area contributed by atoms with Crippen molar-refractivity contribution >= 4 is 34.1 Å². The summed E-state index contributed by atoms with van der Waals surface area (Å²) >= 11 is 12.7. The number of ether oxygens (including phenoxy) is 1. The summed E-state index contributed by atoms with van der Waals surface area (Å²) in [6.07, 6.45) is 3.21. The lowest BCUT2D eigenvalue weighted by Crippen LogP contribution is -2.16. The number of nitrogens with one attached hydrogen (secondary N) is 1. The third-order valence-corrected chi connectivity index (χ3v) is 5.13. The summed E-state index contributed by atoms with van der Waals surface area (Å²) in [5.74, 6) is 0. The molecule has 26 heavy (non-hydrogen) atoms. The van der Waals surface area contributed by atoms with Crippen molar-refractivity contribution in [1.29, 1.82) is 0 Å². The second kappa shape index (κ2) is 9.43. The van der Waals surface area contributed by atoms with Gasteiger partial charge in [0.2, 0.25) is 0 Å². The average Bonchev–Trinajstić information content (AvgIpc) is 2.99. The zero-order chi connectivity index (χ0) is 18.4. The van der Waals surface area contributed by atoms with Gasteiger partial charge in [0.25, 0.3) is 0 Å². The van der Waals surface area contributed by atoms with Crippen molar-refractivity contribution in [2.75, 3.05) is 19.8 Å². The van der Waals surface area contributed by atoms with Gasteiger partial charge in [-0.05, 0) is 43.7 Å². The summed E-state index contributed by atoms with van der Waals surface area (Å²) in [4.78, 5) is 0. The van der Waals surface area contributed by atoms with E-state index in [4.69, 9.17) is 27.9 Å². The number of para-hydroxylation sites is 1. The fraction of sp³-hybridized carbons (Fsp3) is 0.333. The smallest absolute Gasteiger partial charge is 0.0505 e. The number of aromatic nitrogens is 1. The molecule has 0 bridgehead atoms. The molecule has 3 rings (SSSR count). The zero-order valence-corrected chi connectivity index (χ0v) is 16.5. The number of hydrogen-bond acceptors (Lipinski definition) is 2. The van der Waals surface area contributed by atoms with Crippen molar-refractivity contribution in [1.82, 2.24) is 9.88 Å². The van der Waals surface area contributed by atoms with Crippen LogP contribution in [0.4, 0.5) is 0 Å². The van der Waals surface area contributed by atoms with Gasteiger partial charge in [0.05, 0.1) is 6.54 Å². The SMILES string of the molecule is CCOCCCNCc1cn(Cc2c(Cl)cccc2Cl)c2ccccc12. The molecule has 0 radical (unpaired) electrons. The zero-order valence-electron chi connectivity index (χ0n) is 15.0. The first kappa shape index (κ1) is 19.2. The molecule has 3 aromatic rings. The standard InChI is InChI=1S/C21H24Cl2N2O/c1-2-26-12-6-11-24-13-16-14-25(21-10-4-3-7-17(16)21)15-18-19(22)8-5-9-20(18)23/h3-5,7-10,14,24H,2,6,11-13,15H2,1H3. The molecule has 0 saturated carbocycles. The van der Waals surface area contributed by atoms with Gasteiger partial charge in [0.1, 0.15) is 0 Å².